The van der Waals surface area contributed by atoms with E-state index in [0.717, 1.165) is 24.9 Å². The Morgan fingerprint density at radius 1 is 0.731 bits per heavy atom. The van der Waals surface area contributed by atoms with Gasteiger partial charge < -0.3 is 9.67 Å². The summed E-state index contributed by atoms with van der Waals surface area (Å²) in [5, 5.41) is 9.87. The molecule has 0 amide bonds. The first-order chi connectivity index (χ1) is 12.9. The van der Waals surface area contributed by atoms with Crippen LogP contribution in [0.25, 0.3) is 0 Å². The first-order valence-electron chi connectivity index (χ1n) is 11.1. The maximum absolute atomic E-state index is 8.75. The highest BCUT2D eigenvalue weighted by Crippen LogP contribution is 2.09. The number of aromatic nitrogens is 1. The third kappa shape index (κ3) is 13.2. The standard InChI is InChI=1S/C23H42N2O/c1-2-3-4-5-10-13-18-24-23-16-20-25(21-17-23)19-14-11-8-6-7-9-12-15-22-26/h16-17,20-21,26H,2-15,18-19,22H2,1H3. The molecule has 0 unspecified atom stereocenters. The minimum Gasteiger partial charge on any atom is -0.396 e. The summed E-state index contributed by atoms with van der Waals surface area (Å²) < 4.78 is 2.28. The number of hydrogen-bond acceptors (Lipinski definition) is 2. The SMILES string of the molecule is CCCCCCCCN=c1ccn(CCCCCCCCCCO)cc1. The summed E-state index contributed by atoms with van der Waals surface area (Å²) in [5.41, 5.74) is 0. The van der Waals surface area contributed by atoms with Gasteiger partial charge in [0.05, 0.1) is 5.36 Å². The zero-order valence-corrected chi connectivity index (χ0v) is 17.2. The molecule has 0 aliphatic heterocycles. The molecule has 0 radical (unpaired) electrons. The van der Waals surface area contributed by atoms with Crippen molar-refractivity contribution in [1.82, 2.24) is 4.57 Å². The van der Waals surface area contributed by atoms with E-state index in [1.165, 1.54) is 83.5 Å². The van der Waals surface area contributed by atoms with Crippen LogP contribution in [0.1, 0.15) is 96.8 Å². The fourth-order valence-electron chi connectivity index (χ4n) is 3.27. The van der Waals surface area contributed by atoms with Gasteiger partial charge >= 0.3 is 0 Å². The molecule has 0 spiro atoms. The van der Waals surface area contributed by atoms with Gasteiger partial charge in [-0.3, -0.25) is 4.99 Å². The van der Waals surface area contributed by atoms with Crippen molar-refractivity contribution in [1.29, 1.82) is 0 Å². The van der Waals surface area contributed by atoms with Gasteiger partial charge in [0.15, 0.2) is 0 Å². The molecular weight excluding hydrogens is 320 g/mol. The Morgan fingerprint density at radius 2 is 1.27 bits per heavy atom. The van der Waals surface area contributed by atoms with Crippen molar-refractivity contribution < 1.29 is 5.11 Å². The second-order valence-electron chi connectivity index (χ2n) is 7.50. The fourth-order valence-corrected chi connectivity index (χ4v) is 3.27. The molecule has 1 rings (SSSR count). The molecule has 1 heterocycles. The van der Waals surface area contributed by atoms with E-state index >= 15 is 0 Å². The quantitative estimate of drug-likeness (QED) is 0.346. The first-order valence-corrected chi connectivity index (χ1v) is 11.1. The zero-order valence-electron chi connectivity index (χ0n) is 17.2. The normalized spacial score (nSPS) is 11.0. The van der Waals surface area contributed by atoms with E-state index < -0.39 is 0 Å². The van der Waals surface area contributed by atoms with E-state index in [2.05, 4.69) is 41.0 Å². The highest BCUT2D eigenvalue weighted by molar-refractivity contribution is 4.93. The van der Waals surface area contributed by atoms with E-state index in [1.54, 1.807) is 0 Å². The average Bonchev–Trinajstić information content (AvgIpc) is 2.67. The van der Waals surface area contributed by atoms with Gasteiger partial charge in [0.2, 0.25) is 0 Å². The Balaban J connectivity index is 2.04. The molecule has 150 valence electrons. The molecule has 0 bridgehead atoms. The summed E-state index contributed by atoms with van der Waals surface area (Å²) in [6.45, 7) is 4.69. The van der Waals surface area contributed by atoms with Gasteiger partial charge in [-0.2, -0.15) is 0 Å². The molecule has 1 aromatic heterocycles. The lowest BCUT2D eigenvalue weighted by Crippen LogP contribution is -2.06. The molecule has 0 saturated carbocycles. The number of aliphatic hydroxyl groups excluding tert-OH is 1. The maximum atomic E-state index is 8.75. The molecule has 3 nitrogen and oxygen atoms in total. The molecule has 1 aromatic rings. The molecule has 26 heavy (non-hydrogen) atoms. The van der Waals surface area contributed by atoms with Crippen molar-refractivity contribution in [2.24, 2.45) is 4.99 Å². The summed E-state index contributed by atoms with van der Waals surface area (Å²) >= 11 is 0. The number of aliphatic hydroxyl groups is 1. The van der Waals surface area contributed by atoms with Crippen molar-refractivity contribution in [2.75, 3.05) is 13.2 Å². The lowest BCUT2D eigenvalue weighted by atomic mass is 10.1. The van der Waals surface area contributed by atoms with Gasteiger partial charge in [-0.25, -0.2) is 0 Å². The van der Waals surface area contributed by atoms with E-state index in [0.29, 0.717) is 6.61 Å². The Kier molecular flexibility index (Phi) is 15.3. The molecule has 0 aliphatic carbocycles. The molecule has 0 aliphatic rings. The molecule has 3 heteroatoms. The van der Waals surface area contributed by atoms with Crippen molar-refractivity contribution in [3.63, 3.8) is 0 Å². The van der Waals surface area contributed by atoms with Crippen molar-refractivity contribution in [3.8, 4) is 0 Å². The Labute approximate surface area is 161 Å². The fraction of sp³-hybridized carbons (Fsp3) is 0.783. The Hall–Kier alpha value is -1.09. The topological polar surface area (TPSA) is 37.5 Å². The Morgan fingerprint density at radius 3 is 1.88 bits per heavy atom. The lowest BCUT2D eigenvalue weighted by Gasteiger charge is -2.06. The third-order valence-corrected chi connectivity index (χ3v) is 5.00. The van der Waals surface area contributed by atoms with Gasteiger partial charge in [-0.05, 0) is 31.4 Å². The summed E-state index contributed by atoms with van der Waals surface area (Å²) in [5.74, 6) is 0. The van der Waals surface area contributed by atoms with Crippen LogP contribution in [0.2, 0.25) is 0 Å². The number of rotatable bonds is 17. The Bertz CT molecular complexity index is 461. The van der Waals surface area contributed by atoms with Gasteiger partial charge in [0.25, 0.3) is 0 Å². The summed E-state index contributed by atoms with van der Waals surface area (Å²) in [4.78, 5) is 4.69. The van der Waals surface area contributed by atoms with Crippen molar-refractivity contribution >= 4 is 0 Å². The van der Waals surface area contributed by atoms with E-state index in [9.17, 15) is 0 Å². The highest BCUT2D eigenvalue weighted by Gasteiger charge is 1.94. The second kappa shape index (κ2) is 17.3. The summed E-state index contributed by atoms with van der Waals surface area (Å²) in [6.07, 6.45) is 22.3. The molecule has 0 atom stereocenters. The maximum Gasteiger partial charge on any atom is 0.0603 e. The van der Waals surface area contributed by atoms with E-state index in [4.69, 9.17) is 5.11 Å². The van der Waals surface area contributed by atoms with Crippen LogP contribution in [-0.2, 0) is 6.54 Å². The monoisotopic (exact) mass is 362 g/mol. The number of nitrogens with zero attached hydrogens (tertiary/aromatic N) is 2. The second-order valence-corrected chi connectivity index (χ2v) is 7.50. The smallest absolute Gasteiger partial charge is 0.0603 e. The summed E-state index contributed by atoms with van der Waals surface area (Å²) in [6, 6.07) is 4.30. The van der Waals surface area contributed by atoms with Crippen LogP contribution in [0.15, 0.2) is 29.5 Å². The van der Waals surface area contributed by atoms with Crippen LogP contribution in [0.4, 0.5) is 0 Å². The summed E-state index contributed by atoms with van der Waals surface area (Å²) in [7, 11) is 0. The third-order valence-electron chi connectivity index (χ3n) is 5.00. The van der Waals surface area contributed by atoms with Gasteiger partial charge in [-0.1, -0.05) is 77.6 Å². The minimum absolute atomic E-state index is 0.350. The predicted molar refractivity (Wildman–Crippen MR) is 112 cm³/mol. The van der Waals surface area contributed by atoms with Crippen LogP contribution in [0, 0.1) is 0 Å². The molecular formula is C23H42N2O. The molecule has 1 N–H and O–H groups in total. The lowest BCUT2D eigenvalue weighted by molar-refractivity contribution is 0.282. The largest absolute Gasteiger partial charge is 0.396 e. The van der Waals surface area contributed by atoms with Crippen molar-refractivity contribution in [3.05, 3.63) is 29.9 Å². The minimum atomic E-state index is 0.350. The van der Waals surface area contributed by atoms with Crippen LogP contribution in [0.3, 0.4) is 0 Å². The van der Waals surface area contributed by atoms with Crippen LogP contribution >= 0.6 is 0 Å². The van der Waals surface area contributed by atoms with Crippen LogP contribution in [0.5, 0.6) is 0 Å². The van der Waals surface area contributed by atoms with Crippen molar-refractivity contribution in [2.45, 2.75) is 103 Å². The average molecular weight is 363 g/mol. The predicted octanol–water partition coefficient (Wildman–Crippen LogP) is 5.86. The van der Waals surface area contributed by atoms with E-state index in [-0.39, 0.29) is 0 Å². The highest BCUT2D eigenvalue weighted by atomic mass is 16.2. The van der Waals surface area contributed by atoms with Crippen LogP contribution < -0.4 is 5.36 Å². The number of aryl methyl sites for hydroxylation is 1. The van der Waals surface area contributed by atoms with Gasteiger partial charge in [0.1, 0.15) is 0 Å². The number of pyridine rings is 1. The first kappa shape index (κ1) is 23.0. The number of unbranched alkanes of at least 4 members (excludes halogenated alkanes) is 12. The van der Waals surface area contributed by atoms with Crippen LogP contribution in [-0.4, -0.2) is 22.8 Å². The van der Waals surface area contributed by atoms with Gasteiger partial charge in [-0.15, -0.1) is 0 Å². The van der Waals surface area contributed by atoms with E-state index in [1.807, 2.05) is 0 Å². The molecule has 0 saturated heterocycles. The number of hydrogen-bond donors (Lipinski definition) is 1. The molecule has 0 fully saturated rings. The molecule has 0 aromatic carbocycles. The zero-order chi connectivity index (χ0) is 18.7. The van der Waals surface area contributed by atoms with Gasteiger partial charge in [0, 0.05) is 32.1 Å².